The molecule has 0 spiro atoms. The van der Waals surface area contributed by atoms with Crippen molar-refractivity contribution in [3.63, 3.8) is 0 Å². The third-order valence-corrected chi connectivity index (χ3v) is 3.19. The van der Waals surface area contributed by atoms with Crippen LogP contribution in [0.5, 0.6) is 0 Å². The maximum atomic E-state index is 6.05. The van der Waals surface area contributed by atoms with E-state index < -0.39 is 0 Å². The van der Waals surface area contributed by atoms with Crippen LogP contribution in [0.2, 0.25) is 0 Å². The van der Waals surface area contributed by atoms with Gasteiger partial charge in [-0.25, -0.2) is 0 Å². The molecule has 3 nitrogen and oxygen atoms in total. The third-order valence-electron chi connectivity index (χ3n) is 3.19. The van der Waals surface area contributed by atoms with Crippen LogP contribution in [0.3, 0.4) is 0 Å². The van der Waals surface area contributed by atoms with E-state index in [9.17, 15) is 0 Å². The van der Waals surface area contributed by atoms with Gasteiger partial charge in [0.05, 0.1) is 12.2 Å². The number of nitrogens with zero attached hydrogens (tertiary/aromatic N) is 1. The van der Waals surface area contributed by atoms with E-state index in [-0.39, 0.29) is 0 Å². The van der Waals surface area contributed by atoms with Crippen LogP contribution in [0, 0.1) is 0 Å². The van der Waals surface area contributed by atoms with Gasteiger partial charge in [-0.1, -0.05) is 13.8 Å². The molecule has 0 amide bonds. The maximum absolute atomic E-state index is 6.05. The summed E-state index contributed by atoms with van der Waals surface area (Å²) in [6.07, 6.45) is 4.38. The highest BCUT2D eigenvalue weighted by Gasteiger charge is 2.18. The Balaban J connectivity index is 2.07. The van der Waals surface area contributed by atoms with Crippen LogP contribution >= 0.6 is 0 Å². The van der Waals surface area contributed by atoms with E-state index in [0.29, 0.717) is 18.2 Å². The highest BCUT2D eigenvalue weighted by atomic mass is 16.5. The van der Waals surface area contributed by atoms with Crippen molar-refractivity contribution in [3.05, 3.63) is 0 Å². The molecule has 0 radical (unpaired) electrons. The fraction of sp³-hybridized carbons (Fsp3) is 1.00. The molecule has 1 atom stereocenters. The highest BCUT2D eigenvalue weighted by Crippen LogP contribution is 2.14. The van der Waals surface area contributed by atoms with Gasteiger partial charge in [-0.3, -0.25) is 0 Å². The Bertz CT molecular complexity index is 177. The summed E-state index contributed by atoms with van der Waals surface area (Å²) in [5, 5.41) is 3.43. The lowest BCUT2D eigenvalue weighted by Gasteiger charge is -2.31. The van der Waals surface area contributed by atoms with Crippen molar-refractivity contribution < 1.29 is 4.74 Å². The number of hydrogen-bond donors (Lipinski definition) is 1. The first kappa shape index (κ1) is 13.9. The first-order valence-electron chi connectivity index (χ1n) is 6.65. The molecule has 96 valence electrons. The van der Waals surface area contributed by atoms with Crippen LogP contribution in [0.1, 0.15) is 40.0 Å². The molecule has 0 saturated carbocycles. The summed E-state index contributed by atoms with van der Waals surface area (Å²) in [7, 11) is 2.19. The van der Waals surface area contributed by atoms with Crippen LogP contribution in [0.4, 0.5) is 0 Å². The minimum Gasteiger partial charge on any atom is -0.375 e. The van der Waals surface area contributed by atoms with Gasteiger partial charge in [0.2, 0.25) is 0 Å². The molecule has 16 heavy (non-hydrogen) atoms. The maximum Gasteiger partial charge on any atom is 0.0603 e. The molecule has 1 aliphatic rings. The zero-order valence-electron chi connectivity index (χ0n) is 11.3. The van der Waals surface area contributed by atoms with Gasteiger partial charge in [0, 0.05) is 19.1 Å². The third kappa shape index (κ3) is 5.83. The predicted molar refractivity (Wildman–Crippen MR) is 68.8 cm³/mol. The Morgan fingerprint density at radius 2 is 1.88 bits per heavy atom. The molecule has 3 heteroatoms. The van der Waals surface area contributed by atoms with E-state index in [1.54, 1.807) is 0 Å². The first-order valence-corrected chi connectivity index (χ1v) is 6.65. The largest absolute Gasteiger partial charge is 0.375 e. The van der Waals surface area contributed by atoms with E-state index in [1.807, 2.05) is 0 Å². The van der Waals surface area contributed by atoms with Crippen LogP contribution in [-0.2, 0) is 4.74 Å². The van der Waals surface area contributed by atoms with Gasteiger partial charge >= 0.3 is 0 Å². The summed E-state index contributed by atoms with van der Waals surface area (Å²) in [6, 6.07) is 0.579. The molecule has 0 aliphatic carbocycles. The van der Waals surface area contributed by atoms with Gasteiger partial charge < -0.3 is 15.0 Å². The van der Waals surface area contributed by atoms with Crippen molar-refractivity contribution in [1.29, 1.82) is 0 Å². The van der Waals surface area contributed by atoms with Gasteiger partial charge in [-0.05, 0) is 39.8 Å². The normalized spacial score (nSPS) is 21.6. The Morgan fingerprint density at radius 1 is 1.25 bits per heavy atom. The van der Waals surface area contributed by atoms with Gasteiger partial charge in [0.1, 0.15) is 0 Å². The van der Waals surface area contributed by atoms with Crippen LogP contribution < -0.4 is 5.32 Å². The summed E-state index contributed by atoms with van der Waals surface area (Å²) in [4.78, 5) is 2.38. The summed E-state index contributed by atoms with van der Waals surface area (Å²) >= 11 is 0. The number of hydrogen-bond acceptors (Lipinski definition) is 3. The van der Waals surface area contributed by atoms with Crippen molar-refractivity contribution >= 4 is 0 Å². The lowest BCUT2D eigenvalue weighted by Crippen LogP contribution is -2.36. The lowest BCUT2D eigenvalue weighted by molar-refractivity contribution is -0.0341. The molecule has 1 saturated heterocycles. The van der Waals surface area contributed by atoms with Gasteiger partial charge in [-0.2, -0.15) is 0 Å². The van der Waals surface area contributed by atoms with Crippen LogP contribution in [0.15, 0.2) is 0 Å². The molecule has 1 N–H and O–H groups in total. The SMILES string of the molecule is CC(C)NCCC(C)OC1CCN(C)CC1. The lowest BCUT2D eigenvalue weighted by atomic mass is 10.1. The summed E-state index contributed by atoms with van der Waals surface area (Å²) in [6.45, 7) is 9.99. The number of rotatable bonds is 6. The van der Waals surface area contributed by atoms with E-state index >= 15 is 0 Å². The standard InChI is InChI=1S/C13H28N2O/c1-11(2)14-8-5-12(3)16-13-6-9-15(4)10-7-13/h11-14H,5-10H2,1-4H3. The average molecular weight is 228 g/mol. The molecule has 0 aromatic rings. The van der Waals surface area contributed by atoms with E-state index in [2.05, 4.69) is 38.0 Å². The molecular formula is C13H28N2O. The molecule has 1 aliphatic heterocycles. The molecular weight excluding hydrogens is 200 g/mol. The smallest absolute Gasteiger partial charge is 0.0603 e. The molecule has 1 heterocycles. The highest BCUT2D eigenvalue weighted by molar-refractivity contribution is 4.71. The molecule has 0 aromatic heterocycles. The van der Waals surface area contributed by atoms with Crippen LogP contribution in [0.25, 0.3) is 0 Å². The second kappa shape index (κ2) is 7.25. The summed E-state index contributed by atoms with van der Waals surface area (Å²) in [5.41, 5.74) is 0. The summed E-state index contributed by atoms with van der Waals surface area (Å²) < 4.78 is 6.05. The predicted octanol–water partition coefficient (Wildman–Crippen LogP) is 1.87. The number of nitrogens with one attached hydrogen (secondary N) is 1. The molecule has 1 fully saturated rings. The van der Waals surface area contributed by atoms with Crippen molar-refractivity contribution in [2.45, 2.75) is 58.3 Å². The zero-order valence-corrected chi connectivity index (χ0v) is 11.3. The average Bonchev–Trinajstić information content (AvgIpc) is 2.21. The Labute approximate surface area is 101 Å². The number of ether oxygens (including phenoxy) is 1. The number of likely N-dealkylation sites (tertiary alicyclic amines) is 1. The van der Waals surface area contributed by atoms with Gasteiger partial charge in [0.15, 0.2) is 0 Å². The quantitative estimate of drug-likeness (QED) is 0.751. The van der Waals surface area contributed by atoms with Crippen LogP contribution in [-0.4, -0.2) is 49.8 Å². The second-order valence-electron chi connectivity index (χ2n) is 5.35. The Hall–Kier alpha value is -0.120. The number of piperidine rings is 1. The molecule has 1 unspecified atom stereocenters. The first-order chi connectivity index (χ1) is 7.58. The monoisotopic (exact) mass is 228 g/mol. The van der Waals surface area contributed by atoms with Crippen molar-refractivity contribution in [1.82, 2.24) is 10.2 Å². The van der Waals surface area contributed by atoms with Crippen molar-refractivity contribution in [2.75, 3.05) is 26.7 Å². The topological polar surface area (TPSA) is 24.5 Å². The minimum absolute atomic E-state index is 0.389. The van der Waals surface area contributed by atoms with E-state index in [0.717, 1.165) is 13.0 Å². The minimum atomic E-state index is 0.389. The molecule has 0 bridgehead atoms. The zero-order chi connectivity index (χ0) is 12.0. The Morgan fingerprint density at radius 3 is 2.44 bits per heavy atom. The van der Waals surface area contributed by atoms with E-state index in [1.165, 1.54) is 25.9 Å². The fourth-order valence-electron chi connectivity index (χ4n) is 2.09. The fourth-order valence-corrected chi connectivity index (χ4v) is 2.09. The van der Waals surface area contributed by atoms with Crippen molar-refractivity contribution in [2.24, 2.45) is 0 Å². The van der Waals surface area contributed by atoms with E-state index in [4.69, 9.17) is 4.74 Å². The molecule has 1 rings (SSSR count). The Kier molecular flexibility index (Phi) is 6.32. The molecule has 0 aromatic carbocycles. The van der Waals surface area contributed by atoms with Gasteiger partial charge in [-0.15, -0.1) is 0 Å². The second-order valence-corrected chi connectivity index (χ2v) is 5.35. The van der Waals surface area contributed by atoms with Gasteiger partial charge in [0.25, 0.3) is 0 Å². The van der Waals surface area contributed by atoms with Crippen molar-refractivity contribution in [3.8, 4) is 0 Å². The summed E-state index contributed by atoms with van der Waals surface area (Å²) in [5.74, 6) is 0.